The van der Waals surface area contributed by atoms with Crippen molar-refractivity contribution >= 4 is 0 Å². The molecule has 2 rings (SSSR count). The molecule has 1 N–H and O–H groups in total. The number of ether oxygens (including phenoxy) is 1. The normalized spacial score (nSPS) is 37.4. The summed E-state index contributed by atoms with van der Waals surface area (Å²) in [6.45, 7) is 9.21. The van der Waals surface area contributed by atoms with E-state index in [1.807, 2.05) is 0 Å². The van der Waals surface area contributed by atoms with Crippen LogP contribution in [0.3, 0.4) is 0 Å². The van der Waals surface area contributed by atoms with Gasteiger partial charge in [-0.15, -0.1) is 0 Å². The van der Waals surface area contributed by atoms with Gasteiger partial charge in [-0.1, -0.05) is 6.92 Å². The second-order valence-electron chi connectivity index (χ2n) is 6.81. The first-order valence-corrected chi connectivity index (χ1v) is 8.14. The summed E-state index contributed by atoms with van der Waals surface area (Å²) in [7, 11) is 0. The largest absolute Gasteiger partial charge is 0.389 e. The van der Waals surface area contributed by atoms with Gasteiger partial charge < -0.3 is 14.7 Å². The number of piperidine rings is 1. The zero-order chi connectivity index (χ0) is 13.7. The monoisotopic (exact) mass is 269 g/mol. The van der Waals surface area contributed by atoms with Crippen molar-refractivity contribution in [3.05, 3.63) is 0 Å². The van der Waals surface area contributed by atoms with E-state index in [-0.39, 0.29) is 0 Å². The van der Waals surface area contributed by atoms with Crippen LogP contribution >= 0.6 is 0 Å². The molecule has 1 heterocycles. The molecule has 1 saturated carbocycles. The quantitative estimate of drug-likeness (QED) is 0.833. The predicted molar refractivity (Wildman–Crippen MR) is 78.2 cm³/mol. The molecule has 1 aliphatic carbocycles. The van der Waals surface area contributed by atoms with Gasteiger partial charge in [-0.2, -0.15) is 0 Å². The highest BCUT2D eigenvalue weighted by Gasteiger charge is 2.34. The van der Waals surface area contributed by atoms with Crippen LogP contribution in [0.15, 0.2) is 0 Å². The third-order valence-corrected chi connectivity index (χ3v) is 4.88. The number of rotatable bonds is 5. The average molecular weight is 269 g/mol. The van der Waals surface area contributed by atoms with Crippen molar-refractivity contribution in [1.29, 1.82) is 0 Å². The number of nitrogens with zero attached hydrogens (tertiary/aromatic N) is 1. The fraction of sp³-hybridized carbons (Fsp3) is 1.00. The van der Waals surface area contributed by atoms with Gasteiger partial charge in [0.05, 0.1) is 12.2 Å². The van der Waals surface area contributed by atoms with Crippen LogP contribution in [0.2, 0.25) is 0 Å². The lowest BCUT2D eigenvalue weighted by Gasteiger charge is -2.41. The molecule has 0 aromatic carbocycles. The second-order valence-corrected chi connectivity index (χ2v) is 6.81. The van der Waals surface area contributed by atoms with E-state index in [4.69, 9.17) is 4.74 Å². The first-order valence-electron chi connectivity index (χ1n) is 8.14. The molecule has 2 fully saturated rings. The maximum Gasteiger partial charge on any atom is 0.0774 e. The lowest BCUT2D eigenvalue weighted by atomic mass is 9.79. The van der Waals surface area contributed by atoms with Crippen LogP contribution < -0.4 is 0 Å². The molecule has 0 spiro atoms. The Morgan fingerprint density at radius 2 is 2.00 bits per heavy atom. The smallest absolute Gasteiger partial charge is 0.0774 e. The highest BCUT2D eigenvalue weighted by atomic mass is 16.5. The van der Waals surface area contributed by atoms with Crippen molar-refractivity contribution < 1.29 is 9.84 Å². The lowest BCUT2D eigenvalue weighted by Crippen LogP contribution is -2.49. The van der Waals surface area contributed by atoms with Crippen molar-refractivity contribution in [2.45, 2.75) is 58.0 Å². The van der Waals surface area contributed by atoms with E-state index >= 15 is 0 Å². The van der Waals surface area contributed by atoms with E-state index in [0.29, 0.717) is 5.92 Å². The summed E-state index contributed by atoms with van der Waals surface area (Å²) < 4.78 is 5.56. The summed E-state index contributed by atoms with van der Waals surface area (Å²) in [6, 6.07) is 0. The molecular formula is C16H31NO2. The third kappa shape index (κ3) is 4.73. The summed E-state index contributed by atoms with van der Waals surface area (Å²) in [5.41, 5.74) is -0.417. The van der Waals surface area contributed by atoms with Gasteiger partial charge in [0, 0.05) is 19.7 Å². The molecular weight excluding hydrogens is 238 g/mol. The number of β-amino-alcohol motifs (C(OH)–C–C–N with tert-alkyl or cyclic N) is 1. The summed E-state index contributed by atoms with van der Waals surface area (Å²) in [4.78, 5) is 2.48. The number of hydrogen-bond donors (Lipinski definition) is 1. The maximum absolute atomic E-state index is 10.7. The van der Waals surface area contributed by atoms with Crippen molar-refractivity contribution in [2.24, 2.45) is 11.8 Å². The molecule has 112 valence electrons. The number of likely N-dealkylation sites (tertiary alicyclic amines) is 1. The molecule has 0 amide bonds. The van der Waals surface area contributed by atoms with Crippen LogP contribution in [0.1, 0.15) is 52.4 Å². The standard InChI is InChI=1S/C16H31NO2/c1-3-19-12-15-5-4-10-17(11-15)13-16(18)8-6-14(2)7-9-16/h14-15,18H,3-13H2,1-2H3. The minimum atomic E-state index is -0.417. The van der Waals surface area contributed by atoms with Crippen molar-refractivity contribution in [1.82, 2.24) is 4.90 Å². The Morgan fingerprint density at radius 1 is 1.26 bits per heavy atom. The summed E-state index contributed by atoms with van der Waals surface area (Å²) in [5.74, 6) is 1.46. The summed E-state index contributed by atoms with van der Waals surface area (Å²) in [6.07, 6.45) is 6.89. The van der Waals surface area contributed by atoms with Gasteiger partial charge in [0.2, 0.25) is 0 Å². The summed E-state index contributed by atoms with van der Waals surface area (Å²) in [5, 5.41) is 10.7. The van der Waals surface area contributed by atoms with Gasteiger partial charge in [-0.3, -0.25) is 0 Å². The molecule has 1 unspecified atom stereocenters. The molecule has 1 saturated heterocycles. The Hall–Kier alpha value is -0.120. The van der Waals surface area contributed by atoms with Crippen LogP contribution in [-0.4, -0.2) is 48.5 Å². The van der Waals surface area contributed by atoms with Crippen LogP contribution in [-0.2, 0) is 4.74 Å². The first-order chi connectivity index (χ1) is 9.11. The molecule has 0 radical (unpaired) electrons. The summed E-state index contributed by atoms with van der Waals surface area (Å²) >= 11 is 0. The Balaban J connectivity index is 1.78. The fourth-order valence-electron chi connectivity index (χ4n) is 3.59. The number of hydrogen-bond acceptors (Lipinski definition) is 3. The molecule has 1 atom stereocenters. The molecule has 19 heavy (non-hydrogen) atoms. The number of aliphatic hydroxyl groups is 1. The minimum Gasteiger partial charge on any atom is -0.389 e. The Bertz CT molecular complexity index is 261. The van der Waals surface area contributed by atoms with Crippen LogP contribution in [0.25, 0.3) is 0 Å². The average Bonchev–Trinajstić information content (AvgIpc) is 2.40. The predicted octanol–water partition coefficient (Wildman–Crippen LogP) is 2.68. The zero-order valence-corrected chi connectivity index (χ0v) is 12.7. The molecule has 2 aliphatic rings. The third-order valence-electron chi connectivity index (χ3n) is 4.88. The lowest BCUT2D eigenvalue weighted by molar-refractivity contribution is -0.0466. The van der Waals surface area contributed by atoms with Gasteiger partial charge in [0.15, 0.2) is 0 Å². The highest BCUT2D eigenvalue weighted by molar-refractivity contribution is 4.88. The van der Waals surface area contributed by atoms with Gasteiger partial charge in [-0.05, 0) is 63.8 Å². The van der Waals surface area contributed by atoms with E-state index in [0.717, 1.165) is 51.6 Å². The molecule has 0 aromatic rings. The van der Waals surface area contributed by atoms with Gasteiger partial charge >= 0.3 is 0 Å². The van der Waals surface area contributed by atoms with Crippen LogP contribution in [0.5, 0.6) is 0 Å². The van der Waals surface area contributed by atoms with Crippen LogP contribution in [0.4, 0.5) is 0 Å². The topological polar surface area (TPSA) is 32.7 Å². The SMILES string of the molecule is CCOCC1CCCN(CC2(O)CCC(C)CC2)C1. The van der Waals surface area contributed by atoms with Gasteiger partial charge in [-0.25, -0.2) is 0 Å². The fourth-order valence-corrected chi connectivity index (χ4v) is 3.59. The second kappa shape index (κ2) is 7.05. The first kappa shape index (κ1) is 15.3. The molecule has 0 bridgehead atoms. The van der Waals surface area contributed by atoms with Crippen LogP contribution in [0, 0.1) is 11.8 Å². The minimum absolute atomic E-state index is 0.417. The van der Waals surface area contributed by atoms with Gasteiger partial charge in [0.1, 0.15) is 0 Å². The van der Waals surface area contributed by atoms with Crippen molar-refractivity contribution in [3.8, 4) is 0 Å². The molecule has 1 aliphatic heterocycles. The maximum atomic E-state index is 10.7. The van der Waals surface area contributed by atoms with E-state index in [1.165, 1.54) is 25.7 Å². The van der Waals surface area contributed by atoms with E-state index in [9.17, 15) is 5.11 Å². The molecule has 3 heteroatoms. The Morgan fingerprint density at radius 3 is 2.68 bits per heavy atom. The Labute approximate surface area is 118 Å². The zero-order valence-electron chi connectivity index (χ0n) is 12.7. The van der Waals surface area contributed by atoms with E-state index in [2.05, 4.69) is 18.7 Å². The van der Waals surface area contributed by atoms with Crippen molar-refractivity contribution in [3.63, 3.8) is 0 Å². The van der Waals surface area contributed by atoms with Crippen molar-refractivity contribution in [2.75, 3.05) is 32.8 Å². The highest BCUT2D eigenvalue weighted by Crippen LogP contribution is 2.33. The van der Waals surface area contributed by atoms with E-state index < -0.39 is 5.60 Å². The van der Waals surface area contributed by atoms with Gasteiger partial charge in [0.25, 0.3) is 0 Å². The Kier molecular flexibility index (Phi) is 5.67. The molecule has 0 aromatic heterocycles. The van der Waals surface area contributed by atoms with E-state index in [1.54, 1.807) is 0 Å². The molecule has 3 nitrogen and oxygen atoms in total.